The standard InChI is InChI=1S/C9H9FN2O6S2/c10-7-1-3-9(4-2-7)20-19-6-8(18-12(15)16)5-17-11(13)14/h1-4,8H,5-6H2. The average molecular weight is 324 g/mol. The van der Waals surface area contributed by atoms with Gasteiger partial charge in [0.15, 0.2) is 0 Å². The molecule has 0 saturated heterocycles. The Morgan fingerprint density at radius 1 is 1.20 bits per heavy atom. The molecule has 11 heteroatoms. The van der Waals surface area contributed by atoms with Crippen molar-refractivity contribution >= 4 is 21.6 Å². The summed E-state index contributed by atoms with van der Waals surface area (Å²) >= 11 is 0. The van der Waals surface area contributed by atoms with E-state index in [0.717, 1.165) is 4.90 Å². The Morgan fingerprint density at radius 2 is 1.85 bits per heavy atom. The van der Waals surface area contributed by atoms with Gasteiger partial charge in [-0.1, -0.05) is 21.6 Å². The van der Waals surface area contributed by atoms with Gasteiger partial charge in [-0.15, -0.1) is 20.2 Å². The molecule has 110 valence electrons. The molecule has 1 atom stereocenters. The molecule has 20 heavy (non-hydrogen) atoms. The monoisotopic (exact) mass is 324 g/mol. The van der Waals surface area contributed by atoms with Gasteiger partial charge < -0.3 is 9.68 Å². The number of benzene rings is 1. The number of nitrogens with zero attached hydrogens (tertiary/aromatic N) is 2. The molecule has 1 aromatic carbocycles. The van der Waals surface area contributed by atoms with Crippen molar-refractivity contribution in [1.82, 2.24) is 0 Å². The van der Waals surface area contributed by atoms with E-state index in [-0.39, 0.29) is 11.6 Å². The summed E-state index contributed by atoms with van der Waals surface area (Å²) in [5, 5.41) is 18.2. The molecule has 0 aliphatic heterocycles. The van der Waals surface area contributed by atoms with Crippen molar-refractivity contribution in [2.45, 2.75) is 11.0 Å². The van der Waals surface area contributed by atoms with E-state index in [0.29, 0.717) is 0 Å². The Kier molecular flexibility index (Phi) is 6.87. The van der Waals surface area contributed by atoms with Crippen LogP contribution in [-0.2, 0) is 9.68 Å². The normalized spacial score (nSPS) is 11.7. The quantitative estimate of drug-likeness (QED) is 0.387. The van der Waals surface area contributed by atoms with Gasteiger partial charge in [-0.3, -0.25) is 0 Å². The second kappa shape index (κ2) is 8.43. The average Bonchev–Trinajstić information content (AvgIpc) is 2.37. The topological polar surface area (TPSA) is 105 Å². The highest BCUT2D eigenvalue weighted by molar-refractivity contribution is 8.76. The van der Waals surface area contributed by atoms with Crippen LogP contribution in [0.5, 0.6) is 0 Å². The highest BCUT2D eigenvalue weighted by atomic mass is 33.1. The van der Waals surface area contributed by atoms with Crippen molar-refractivity contribution in [2.75, 3.05) is 12.4 Å². The fourth-order valence-electron chi connectivity index (χ4n) is 1.04. The first-order valence-corrected chi connectivity index (χ1v) is 7.43. The molecular weight excluding hydrogens is 315 g/mol. The molecule has 0 aromatic heterocycles. The number of hydrogen-bond acceptors (Lipinski definition) is 8. The minimum absolute atomic E-state index is 0.0941. The Hall–Kier alpha value is -1.75. The maximum Gasteiger partial charge on any atom is 0.294 e. The zero-order valence-corrected chi connectivity index (χ0v) is 11.5. The second-order valence-corrected chi connectivity index (χ2v) is 5.71. The lowest BCUT2D eigenvalue weighted by Crippen LogP contribution is -2.26. The smallest absolute Gasteiger partial charge is 0.294 e. The molecule has 0 aliphatic carbocycles. The first-order valence-electron chi connectivity index (χ1n) is 5.11. The van der Waals surface area contributed by atoms with Gasteiger partial charge in [-0.2, -0.15) is 0 Å². The van der Waals surface area contributed by atoms with Crippen LogP contribution in [0.25, 0.3) is 0 Å². The summed E-state index contributed by atoms with van der Waals surface area (Å²) in [6.45, 7) is -0.537. The second-order valence-electron chi connectivity index (χ2n) is 3.29. The third-order valence-corrected chi connectivity index (χ3v) is 4.25. The van der Waals surface area contributed by atoms with Gasteiger partial charge in [0.05, 0.1) is 0 Å². The molecule has 1 unspecified atom stereocenters. The summed E-state index contributed by atoms with van der Waals surface area (Å²) < 4.78 is 12.7. The van der Waals surface area contributed by atoms with Gasteiger partial charge >= 0.3 is 0 Å². The molecule has 1 aromatic rings. The molecule has 0 saturated carbocycles. The number of halogens is 1. The van der Waals surface area contributed by atoms with Crippen LogP contribution in [0.1, 0.15) is 0 Å². The molecular formula is C9H9FN2O6S2. The maximum atomic E-state index is 12.7. The van der Waals surface area contributed by atoms with Crippen molar-refractivity contribution in [2.24, 2.45) is 0 Å². The van der Waals surface area contributed by atoms with Crippen LogP contribution < -0.4 is 0 Å². The summed E-state index contributed by atoms with van der Waals surface area (Å²) in [6, 6.07) is 5.65. The van der Waals surface area contributed by atoms with Gasteiger partial charge in [0.25, 0.3) is 10.2 Å². The van der Waals surface area contributed by atoms with E-state index in [9.17, 15) is 24.6 Å². The van der Waals surface area contributed by atoms with Crippen molar-refractivity contribution in [1.29, 1.82) is 0 Å². The summed E-state index contributed by atoms with van der Waals surface area (Å²) in [4.78, 5) is 29.3. The van der Waals surface area contributed by atoms with Gasteiger partial charge in [-0.25, -0.2) is 4.39 Å². The minimum atomic E-state index is -1.06. The van der Waals surface area contributed by atoms with Crippen molar-refractivity contribution in [3.05, 3.63) is 50.3 Å². The van der Waals surface area contributed by atoms with E-state index >= 15 is 0 Å². The molecule has 0 bridgehead atoms. The van der Waals surface area contributed by atoms with E-state index in [4.69, 9.17) is 0 Å². The first kappa shape index (κ1) is 16.3. The van der Waals surface area contributed by atoms with Crippen LogP contribution in [0.2, 0.25) is 0 Å². The van der Waals surface area contributed by atoms with E-state index < -0.39 is 22.9 Å². The Balaban J connectivity index is 2.38. The summed E-state index contributed by atoms with van der Waals surface area (Å²) in [6.07, 6.45) is -1.06. The molecule has 0 heterocycles. The molecule has 0 amide bonds. The Labute approximate surface area is 120 Å². The predicted molar refractivity (Wildman–Crippen MR) is 69.5 cm³/mol. The summed E-state index contributed by atoms with van der Waals surface area (Å²) in [7, 11) is 2.42. The van der Waals surface area contributed by atoms with Crippen molar-refractivity contribution in [3.63, 3.8) is 0 Å². The summed E-state index contributed by atoms with van der Waals surface area (Å²) in [5.41, 5.74) is 0. The van der Waals surface area contributed by atoms with Crippen LogP contribution in [0.3, 0.4) is 0 Å². The predicted octanol–water partition coefficient (Wildman–Crippen LogP) is 2.35. The van der Waals surface area contributed by atoms with Crippen LogP contribution in [0.15, 0.2) is 29.2 Å². The molecule has 8 nitrogen and oxygen atoms in total. The van der Waals surface area contributed by atoms with Gasteiger partial charge in [0.1, 0.15) is 18.5 Å². The van der Waals surface area contributed by atoms with Crippen LogP contribution >= 0.6 is 21.6 Å². The highest BCUT2D eigenvalue weighted by Crippen LogP contribution is 2.31. The highest BCUT2D eigenvalue weighted by Gasteiger charge is 2.16. The van der Waals surface area contributed by atoms with Gasteiger partial charge in [0, 0.05) is 10.6 Å². The lowest BCUT2D eigenvalue weighted by atomic mass is 10.4. The molecule has 0 radical (unpaired) electrons. The van der Waals surface area contributed by atoms with Crippen LogP contribution in [0, 0.1) is 26.0 Å². The lowest BCUT2D eigenvalue weighted by Gasteiger charge is -2.12. The third-order valence-electron chi connectivity index (χ3n) is 1.82. The zero-order chi connectivity index (χ0) is 15.0. The fraction of sp³-hybridized carbons (Fsp3) is 0.333. The lowest BCUT2D eigenvalue weighted by molar-refractivity contribution is -0.788. The van der Waals surface area contributed by atoms with E-state index in [1.807, 2.05) is 0 Å². The molecule has 0 aliphatic rings. The molecule has 1 rings (SSSR count). The zero-order valence-electron chi connectivity index (χ0n) is 9.84. The van der Waals surface area contributed by atoms with Crippen LogP contribution in [-0.4, -0.2) is 28.6 Å². The number of hydrogen-bond donors (Lipinski definition) is 0. The molecule has 0 N–H and O–H groups in total. The van der Waals surface area contributed by atoms with Gasteiger partial charge in [-0.05, 0) is 24.3 Å². The van der Waals surface area contributed by atoms with Crippen LogP contribution in [0.4, 0.5) is 4.39 Å². The summed E-state index contributed by atoms with van der Waals surface area (Å²) in [5.74, 6) is -0.273. The van der Waals surface area contributed by atoms with E-state index in [1.165, 1.54) is 33.7 Å². The first-order chi connectivity index (χ1) is 9.47. The number of rotatable bonds is 9. The molecule has 0 spiro atoms. The van der Waals surface area contributed by atoms with Crippen molar-refractivity contribution in [3.8, 4) is 0 Å². The molecule has 0 fully saturated rings. The maximum absolute atomic E-state index is 12.7. The Morgan fingerprint density at radius 3 is 2.40 bits per heavy atom. The minimum Gasteiger partial charge on any atom is -0.312 e. The largest absolute Gasteiger partial charge is 0.312 e. The SMILES string of the molecule is O=[N+]([O-])OCC(CSSc1ccc(F)cc1)O[N+](=O)[O-]. The van der Waals surface area contributed by atoms with Gasteiger partial charge in [0.2, 0.25) is 0 Å². The van der Waals surface area contributed by atoms with Crippen molar-refractivity contribution < 1.29 is 24.2 Å². The Bertz CT molecular complexity index is 460. The fourth-order valence-corrected chi connectivity index (χ4v) is 3.20. The van der Waals surface area contributed by atoms with E-state index in [2.05, 4.69) is 9.68 Å². The van der Waals surface area contributed by atoms with E-state index in [1.54, 1.807) is 12.1 Å². The third kappa shape index (κ3) is 6.99.